The number of Topliss-reactive ketones (excluding diaryl/α,β-unsaturated/α-hetero) is 1. The number of aryl methyl sites for hydroxylation is 1. The molecular formula is C14H17NO. The van der Waals surface area contributed by atoms with Gasteiger partial charge in [-0.05, 0) is 18.4 Å². The highest BCUT2D eigenvalue weighted by atomic mass is 16.1. The van der Waals surface area contributed by atoms with E-state index in [-0.39, 0.29) is 5.78 Å². The van der Waals surface area contributed by atoms with Crippen molar-refractivity contribution in [3.63, 3.8) is 0 Å². The third-order valence-corrected chi connectivity index (χ3v) is 2.96. The maximum absolute atomic E-state index is 11.9. The highest BCUT2D eigenvalue weighted by molar-refractivity contribution is 6.08. The lowest BCUT2D eigenvalue weighted by Crippen LogP contribution is -1.96. The van der Waals surface area contributed by atoms with Crippen LogP contribution in [0.15, 0.2) is 24.4 Å². The molecule has 16 heavy (non-hydrogen) atoms. The van der Waals surface area contributed by atoms with Crippen LogP contribution in [0, 0.1) is 0 Å². The molecule has 0 aliphatic heterocycles. The van der Waals surface area contributed by atoms with E-state index in [1.54, 1.807) is 0 Å². The largest absolute Gasteiger partial charge is 0.360 e. The van der Waals surface area contributed by atoms with Gasteiger partial charge in [-0.2, -0.15) is 0 Å². The van der Waals surface area contributed by atoms with Crippen LogP contribution in [0.3, 0.4) is 0 Å². The molecule has 1 aromatic heterocycles. The van der Waals surface area contributed by atoms with Gasteiger partial charge in [-0.25, -0.2) is 0 Å². The van der Waals surface area contributed by atoms with E-state index in [4.69, 9.17) is 0 Å². The molecule has 2 rings (SSSR count). The van der Waals surface area contributed by atoms with Crippen molar-refractivity contribution in [2.45, 2.75) is 33.1 Å². The van der Waals surface area contributed by atoms with Crippen molar-refractivity contribution in [3.8, 4) is 0 Å². The molecule has 0 aliphatic rings. The molecule has 0 aliphatic carbocycles. The molecule has 1 heterocycles. The van der Waals surface area contributed by atoms with Crippen LogP contribution >= 0.6 is 0 Å². The number of H-pyrrole nitrogens is 1. The Labute approximate surface area is 95.7 Å². The Kier molecular flexibility index (Phi) is 3.09. The fourth-order valence-corrected chi connectivity index (χ4v) is 2.10. The first-order valence-corrected chi connectivity index (χ1v) is 5.90. The summed E-state index contributed by atoms with van der Waals surface area (Å²) in [4.78, 5) is 15.1. The number of carbonyl (C=O) groups excluding carboxylic acids is 1. The van der Waals surface area contributed by atoms with Gasteiger partial charge in [0.15, 0.2) is 5.78 Å². The summed E-state index contributed by atoms with van der Waals surface area (Å²) in [6.45, 7) is 4.16. The molecule has 0 saturated heterocycles. The van der Waals surface area contributed by atoms with E-state index in [1.165, 1.54) is 5.56 Å². The standard InChI is InChI=1S/C14H17NO/c1-3-6-13(16)12-9-15-14-10(4-2)7-5-8-11(12)14/h5,7-9,15H,3-4,6H2,1-2H3. The molecule has 2 heteroatoms. The molecule has 0 bridgehead atoms. The van der Waals surface area contributed by atoms with E-state index in [0.29, 0.717) is 6.42 Å². The second-order valence-corrected chi connectivity index (χ2v) is 4.07. The maximum Gasteiger partial charge on any atom is 0.165 e. The normalized spacial score (nSPS) is 10.9. The van der Waals surface area contributed by atoms with Gasteiger partial charge in [0.05, 0.1) is 0 Å². The van der Waals surface area contributed by atoms with Gasteiger partial charge < -0.3 is 4.98 Å². The Hall–Kier alpha value is -1.57. The Bertz CT molecular complexity index is 510. The third-order valence-electron chi connectivity index (χ3n) is 2.96. The minimum atomic E-state index is 0.238. The first-order valence-electron chi connectivity index (χ1n) is 5.90. The molecular weight excluding hydrogens is 198 g/mol. The number of fused-ring (bicyclic) bond motifs is 1. The van der Waals surface area contributed by atoms with Gasteiger partial charge >= 0.3 is 0 Å². The lowest BCUT2D eigenvalue weighted by atomic mass is 10.0. The molecule has 0 saturated carbocycles. The maximum atomic E-state index is 11.9. The van der Waals surface area contributed by atoms with Gasteiger partial charge in [-0.1, -0.05) is 32.0 Å². The van der Waals surface area contributed by atoms with Crippen LogP contribution in [-0.2, 0) is 6.42 Å². The van der Waals surface area contributed by atoms with Crippen molar-refractivity contribution in [2.24, 2.45) is 0 Å². The van der Waals surface area contributed by atoms with E-state index in [2.05, 4.69) is 18.0 Å². The highest BCUT2D eigenvalue weighted by Gasteiger charge is 2.12. The monoisotopic (exact) mass is 215 g/mol. The number of hydrogen-bond donors (Lipinski definition) is 1. The fraction of sp³-hybridized carbons (Fsp3) is 0.357. The molecule has 0 atom stereocenters. The van der Waals surface area contributed by atoms with E-state index in [9.17, 15) is 4.79 Å². The van der Waals surface area contributed by atoms with Gasteiger partial charge in [0.1, 0.15) is 0 Å². The van der Waals surface area contributed by atoms with Crippen molar-refractivity contribution in [1.29, 1.82) is 0 Å². The fourth-order valence-electron chi connectivity index (χ4n) is 2.10. The van der Waals surface area contributed by atoms with E-state index in [0.717, 1.165) is 29.3 Å². The number of aromatic nitrogens is 1. The van der Waals surface area contributed by atoms with Crippen LogP contribution in [-0.4, -0.2) is 10.8 Å². The van der Waals surface area contributed by atoms with Crippen molar-refractivity contribution >= 4 is 16.7 Å². The van der Waals surface area contributed by atoms with Crippen molar-refractivity contribution in [3.05, 3.63) is 35.5 Å². The molecule has 84 valence electrons. The summed E-state index contributed by atoms with van der Waals surface area (Å²) in [6, 6.07) is 6.15. The molecule has 2 nitrogen and oxygen atoms in total. The average Bonchev–Trinajstić information content (AvgIpc) is 2.72. The number of hydrogen-bond acceptors (Lipinski definition) is 1. The Morgan fingerprint density at radius 2 is 2.12 bits per heavy atom. The van der Waals surface area contributed by atoms with E-state index < -0.39 is 0 Å². The number of para-hydroxylation sites is 1. The zero-order valence-corrected chi connectivity index (χ0v) is 9.84. The van der Waals surface area contributed by atoms with E-state index in [1.807, 2.05) is 25.3 Å². The van der Waals surface area contributed by atoms with Crippen LogP contribution in [0.4, 0.5) is 0 Å². The van der Waals surface area contributed by atoms with Gasteiger partial charge in [0.2, 0.25) is 0 Å². The average molecular weight is 215 g/mol. The van der Waals surface area contributed by atoms with Gasteiger partial charge in [-0.15, -0.1) is 0 Å². The lowest BCUT2D eigenvalue weighted by Gasteiger charge is -2.00. The summed E-state index contributed by atoms with van der Waals surface area (Å²) in [5, 5.41) is 1.07. The topological polar surface area (TPSA) is 32.9 Å². The summed E-state index contributed by atoms with van der Waals surface area (Å²) >= 11 is 0. The second-order valence-electron chi connectivity index (χ2n) is 4.07. The van der Waals surface area contributed by atoms with Crippen LogP contribution in [0.5, 0.6) is 0 Å². The Morgan fingerprint density at radius 1 is 1.31 bits per heavy atom. The molecule has 1 aromatic carbocycles. The molecule has 0 fully saturated rings. The quantitative estimate of drug-likeness (QED) is 0.775. The summed E-state index contributed by atoms with van der Waals surface area (Å²) in [6.07, 6.45) is 4.36. The zero-order valence-electron chi connectivity index (χ0n) is 9.84. The van der Waals surface area contributed by atoms with Crippen LogP contribution in [0.1, 0.15) is 42.6 Å². The summed E-state index contributed by atoms with van der Waals surface area (Å²) in [5.41, 5.74) is 3.23. The summed E-state index contributed by atoms with van der Waals surface area (Å²) in [7, 11) is 0. The predicted octanol–water partition coefficient (Wildman–Crippen LogP) is 3.71. The van der Waals surface area contributed by atoms with E-state index >= 15 is 0 Å². The number of carbonyl (C=O) groups is 1. The number of ketones is 1. The number of aromatic amines is 1. The van der Waals surface area contributed by atoms with Crippen molar-refractivity contribution in [2.75, 3.05) is 0 Å². The molecule has 0 radical (unpaired) electrons. The first kappa shape index (κ1) is 10.9. The number of nitrogens with one attached hydrogen (secondary N) is 1. The van der Waals surface area contributed by atoms with Crippen molar-refractivity contribution < 1.29 is 4.79 Å². The Balaban J connectivity index is 2.53. The Morgan fingerprint density at radius 3 is 2.81 bits per heavy atom. The van der Waals surface area contributed by atoms with Crippen molar-refractivity contribution in [1.82, 2.24) is 4.98 Å². The van der Waals surface area contributed by atoms with Crippen LogP contribution in [0.2, 0.25) is 0 Å². The highest BCUT2D eigenvalue weighted by Crippen LogP contribution is 2.23. The lowest BCUT2D eigenvalue weighted by molar-refractivity contribution is 0.0983. The third kappa shape index (κ3) is 1.75. The van der Waals surface area contributed by atoms with Crippen LogP contribution < -0.4 is 0 Å². The summed E-state index contributed by atoms with van der Waals surface area (Å²) < 4.78 is 0. The SMILES string of the molecule is CCCC(=O)c1c[nH]c2c(CC)cccc12. The van der Waals surface area contributed by atoms with Gasteiger partial charge in [0, 0.05) is 29.1 Å². The number of rotatable bonds is 4. The van der Waals surface area contributed by atoms with Gasteiger partial charge in [0.25, 0.3) is 0 Å². The minimum absolute atomic E-state index is 0.238. The molecule has 1 N–H and O–H groups in total. The first-order chi connectivity index (χ1) is 7.77. The molecule has 0 unspecified atom stereocenters. The summed E-state index contributed by atoms with van der Waals surface area (Å²) in [5.74, 6) is 0.238. The smallest absolute Gasteiger partial charge is 0.165 e. The predicted molar refractivity (Wildman–Crippen MR) is 66.9 cm³/mol. The molecule has 0 amide bonds. The van der Waals surface area contributed by atoms with Crippen LogP contribution in [0.25, 0.3) is 10.9 Å². The van der Waals surface area contributed by atoms with Gasteiger partial charge in [-0.3, -0.25) is 4.79 Å². The minimum Gasteiger partial charge on any atom is -0.360 e. The molecule has 2 aromatic rings. The molecule has 0 spiro atoms. The zero-order chi connectivity index (χ0) is 11.5. The second kappa shape index (κ2) is 4.52. The number of benzene rings is 1.